The van der Waals surface area contributed by atoms with Crippen LogP contribution in [0.3, 0.4) is 0 Å². The summed E-state index contributed by atoms with van der Waals surface area (Å²) in [5, 5.41) is 0. The third-order valence-electron chi connectivity index (χ3n) is 4.96. The van der Waals surface area contributed by atoms with Crippen LogP contribution < -0.4 is 0 Å². The lowest BCUT2D eigenvalue weighted by Gasteiger charge is -2.20. The van der Waals surface area contributed by atoms with Gasteiger partial charge in [0, 0.05) is 5.56 Å². The first-order chi connectivity index (χ1) is 13.5. The Balaban J connectivity index is 1.83. The zero-order chi connectivity index (χ0) is 20.1. The summed E-state index contributed by atoms with van der Waals surface area (Å²) in [5.74, 6) is -1.20. The molecule has 0 spiro atoms. The molecule has 3 rings (SSSR count). The van der Waals surface area contributed by atoms with E-state index in [1.807, 2.05) is 86.6 Å². The number of benzene rings is 3. The van der Waals surface area contributed by atoms with Crippen LogP contribution in [0, 0.1) is 13.8 Å². The van der Waals surface area contributed by atoms with E-state index >= 15 is 0 Å². The molecule has 0 amide bonds. The van der Waals surface area contributed by atoms with Crippen molar-refractivity contribution in [3.8, 4) is 0 Å². The van der Waals surface area contributed by atoms with Crippen molar-refractivity contribution in [3.63, 3.8) is 0 Å². The molecule has 0 aliphatic rings. The SMILES string of the molecule is Cc1ccc(C(=O)[C@@H](C)OC(=O)C(c2ccccc2)c2ccccc2)cc1C. The van der Waals surface area contributed by atoms with E-state index in [4.69, 9.17) is 4.74 Å². The third kappa shape index (κ3) is 4.37. The average Bonchev–Trinajstić information content (AvgIpc) is 2.71. The largest absolute Gasteiger partial charge is 0.454 e. The lowest BCUT2D eigenvalue weighted by atomic mass is 9.91. The first-order valence-electron chi connectivity index (χ1n) is 9.39. The highest BCUT2D eigenvalue weighted by Gasteiger charge is 2.28. The van der Waals surface area contributed by atoms with Crippen LogP contribution >= 0.6 is 0 Å². The van der Waals surface area contributed by atoms with Gasteiger partial charge in [0.15, 0.2) is 6.10 Å². The predicted molar refractivity (Wildman–Crippen MR) is 111 cm³/mol. The van der Waals surface area contributed by atoms with Gasteiger partial charge in [0.05, 0.1) is 0 Å². The number of ether oxygens (including phenoxy) is 1. The minimum absolute atomic E-state index is 0.198. The summed E-state index contributed by atoms with van der Waals surface area (Å²) in [6.45, 7) is 5.59. The molecule has 3 aromatic carbocycles. The van der Waals surface area contributed by atoms with Crippen molar-refractivity contribution in [2.24, 2.45) is 0 Å². The lowest BCUT2D eigenvalue weighted by Crippen LogP contribution is -2.28. The molecule has 0 aliphatic heterocycles. The monoisotopic (exact) mass is 372 g/mol. The lowest BCUT2D eigenvalue weighted by molar-refractivity contribution is -0.147. The topological polar surface area (TPSA) is 43.4 Å². The van der Waals surface area contributed by atoms with Gasteiger partial charge < -0.3 is 4.74 Å². The Labute approximate surface area is 166 Å². The highest BCUT2D eigenvalue weighted by molar-refractivity contribution is 6.00. The maximum absolute atomic E-state index is 13.0. The Morgan fingerprint density at radius 2 is 1.29 bits per heavy atom. The summed E-state index contributed by atoms with van der Waals surface area (Å²) in [6.07, 6.45) is -0.857. The molecular weight excluding hydrogens is 348 g/mol. The van der Waals surface area contributed by atoms with Gasteiger partial charge in [-0.1, -0.05) is 72.8 Å². The molecule has 0 fully saturated rings. The van der Waals surface area contributed by atoms with E-state index in [0.29, 0.717) is 5.56 Å². The zero-order valence-electron chi connectivity index (χ0n) is 16.4. The molecular formula is C25H24O3. The molecule has 0 bridgehead atoms. The molecule has 3 heteroatoms. The highest BCUT2D eigenvalue weighted by Crippen LogP contribution is 2.27. The fourth-order valence-corrected chi connectivity index (χ4v) is 3.18. The van der Waals surface area contributed by atoms with Gasteiger partial charge in [-0.25, -0.2) is 0 Å². The maximum Gasteiger partial charge on any atom is 0.318 e. The van der Waals surface area contributed by atoms with Crippen molar-refractivity contribution in [3.05, 3.63) is 107 Å². The summed E-state index contributed by atoms with van der Waals surface area (Å²) in [5.41, 5.74) is 4.39. The van der Waals surface area contributed by atoms with Gasteiger partial charge in [-0.05, 0) is 49.1 Å². The summed E-state index contributed by atoms with van der Waals surface area (Å²) in [4.78, 5) is 25.8. The molecule has 0 aromatic heterocycles. The Bertz CT molecular complexity index is 922. The smallest absolute Gasteiger partial charge is 0.318 e. The molecule has 0 aliphatic carbocycles. The molecule has 3 nitrogen and oxygen atoms in total. The molecule has 28 heavy (non-hydrogen) atoms. The van der Waals surface area contributed by atoms with E-state index in [1.165, 1.54) is 0 Å². The molecule has 142 valence electrons. The van der Waals surface area contributed by atoms with Crippen LogP contribution in [0.15, 0.2) is 78.9 Å². The standard InChI is InChI=1S/C25H24O3/c1-17-14-15-22(16-18(17)2)24(26)19(3)28-25(27)23(20-10-6-4-7-11-20)21-12-8-5-9-13-21/h4-16,19,23H,1-3H3/t19-/m1/s1. The van der Waals surface area contributed by atoms with E-state index in [9.17, 15) is 9.59 Å². The predicted octanol–water partition coefficient (Wildman–Crippen LogP) is 5.25. The number of carbonyl (C=O) groups excluding carboxylic acids is 2. The van der Waals surface area contributed by atoms with Gasteiger partial charge >= 0.3 is 5.97 Å². The summed E-state index contributed by atoms with van der Waals surface area (Å²) >= 11 is 0. The molecule has 0 saturated carbocycles. The first kappa shape index (κ1) is 19.6. The summed E-state index contributed by atoms with van der Waals surface area (Å²) in [7, 11) is 0. The fourth-order valence-electron chi connectivity index (χ4n) is 3.18. The summed E-state index contributed by atoms with van der Waals surface area (Å²) < 4.78 is 5.62. The van der Waals surface area contributed by atoms with Crippen LogP contribution in [0.1, 0.15) is 45.5 Å². The second-order valence-electron chi connectivity index (χ2n) is 7.00. The number of esters is 1. The van der Waals surface area contributed by atoms with Crippen molar-refractivity contribution >= 4 is 11.8 Å². The molecule has 0 N–H and O–H groups in total. The van der Waals surface area contributed by atoms with Crippen molar-refractivity contribution in [1.82, 2.24) is 0 Å². The van der Waals surface area contributed by atoms with Gasteiger partial charge in [-0.15, -0.1) is 0 Å². The van der Waals surface area contributed by atoms with Gasteiger partial charge in [0.1, 0.15) is 5.92 Å². The van der Waals surface area contributed by atoms with Crippen LogP contribution in [0.5, 0.6) is 0 Å². The molecule has 1 atom stereocenters. The van der Waals surface area contributed by atoms with Crippen LogP contribution in [0.4, 0.5) is 0 Å². The zero-order valence-corrected chi connectivity index (χ0v) is 16.4. The number of rotatable bonds is 6. The Morgan fingerprint density at radius 3 is 1.79 bits per heavy atom. The van der Waals surface area contributed by atoms with Crippen LogP contribution in [-0.4, -0.2) is 17.9 Å². The first-order valence-corrected chi connectivity index (χ1v) is 9.39. The number of aryl methyl sites for hydroxylation is 2. The molecule has 0 saturated heterocycles. The van der Waals surface area contributed by atoms with Crippen LogP contribution in [0.2, 0.25) is 0 Å². The highest BCUT2D eigenvalue weighted by atomic mass is 16.5. The van der Waals surface area contributed by atoms with Crippen molar-refractivity contribution in [2.45, 2.75) is 32.8 Å². The normalized spacial score (nSPS) is 11.9. The van der Waals surface area contributed by atoms with E-state index in [-0.39, 0.29) is 5.78 Å². The molecule has 3 aromatic rings. The van der Waals surface area contributed by atoms with E-state index in [0.717, 1.165) is 22.3 Å². The van der Waals surface area contributed by atoms with Crippen molar-refractivity contribution < 1.29 is 14.3 Å². The minimum Gasteiger partial charge on any atom is -0.454 e. The van der Waals surface area contributed by atoms with Gasteiger partial charge in [-0.2, -0.15) is 0 Å². The van der Waals surface area contributed by atoms with Crippen LogP contribution in [-0.2, 0) is 9.53 Å². The van der Waals surface area contributed by atoms with Gasteiger partial charge in [-0.3, -0.25) is 9.59 Å². The second kappa shape index (κ2) is 8.66. The Morgan fingerprint density at radius 1 is 0.750 bits per heavy atom. The minimum atomic E-state index is -0.857. The third-order valence-corrected chi connectivity index (χ3v) is 4.96. The molecule has 0 heterocycles. The average molecular weight is 372 g/mol. The van der Waals surface area contributed by atoms with Crippen LogP contribution in [0.25, 0.3) is 0 Å². The summed E-state index contributed by atoms with van der Waals surface area (Å²) in [6, 6.07) is 24.5. The Kier molecular flexibility index (Phi) is 6.05. The number of carbonyl (C=O) groups is 2. The molecule has 0 radical (unpaired) electrons. The van der Waals surface area contributed by atoms with E-state index < -0.39 is 18.0 Å². The number of hydrogen-bond donors (Lipinski definition) is 0. The van der Waals surface area contributed by atoms with Gasteiger partial charge in [0.25, 0.3) is 0 Å². The van der Waals surface area contributed by atoms with Crippen molar-refractivity contribution in [2.75, 3.05) is 0 Å². The molecule has 0 unspecified atom stereocenters. The number of ketones is 1. The second-order valence-corrected chi connectivity index (χ2v) is 7.00. The van der Waals surface area contributed by atoms with Gasteiger partial charge in [0.2, 0.25) is 5.78 Å². The quantitative estimate of drug-likeness (QED) is 0.438. The van der Waals surface area contributed by atoms with E-state index in [1.54, 1.807) is 13.0 Å². The maximum atomic E-state index is 13.0. The number of Topliss-reactive ketones (excluding diaryl/α,β-unsaturated/α-hetero) is 1. The number of hydrogen-bond acceptors (Lipinski definition) is 3. The fraction of sp³-hybridized carbons (Fsp3) is 0.200. The van der Waals surface area contributed by atoms with Crippen molar-refractivity contribution in [1.29, 1.82) is 0 Å². The van der Waals surface area contributed by atoms with E-state index in [2.05, 4.69) is 0 Å². The Hall–Kier alpha value is -3.20.